The van der Waals surface area contributed by atoms with Crippen LogP contribution < -0.4 is 0 Å². The number of carbonyl (C=O) groups excluding carboxylic acids is 1. The molecule has 20 heavy (non-hydrogen) atoms. The number of methoxy groups -OCH3 is 1. The molecule has 0 spiro atoms. The van der Waals surface area contributed by atoms with E-state index in [1.54, 1.807) is 32.0 Å². The first kappa shape index (κ1) is 13.8. The predicted molar refractivity (Wildman–Crippen MR) is 73.7 cm³/mol. The molecule has 1 aromatic carbocycles. The molecule has 1 heterocycles. The summed E-state index contributed by atoms with van der Waals surface area (Å²) in [4.78, 5) is 25.6. The SMILES string of the molecule is COC(=O)c1c(C)[nH]c(C)c1-c1ccccc1[N+](=O)[O-]. The number of para-hydroxylation sites is 1. The Morgan fingerprint density at radius 2 is 1.90 bits per heavy atom. The molecule has 2 aromatic rings. The number of nitrogens with zero attached hydrogens (tertiary/aromatic N) is 1. The van der Waals surface area contributed by atoms with Gasteiger partial charge in [0.1, 0.15) is 0 Å². The number of aromatic amines is 1. The number of nitrogens with one attached hydrogen (secondary N) is 1. The minimum atomic E-state index is -0.514. The van der Waals surface area contributed by atoms with E-state index in [1.807, 2.05) is 0 Å². The maximum Gasteiger partial charge on any atom is 0.340 e. The van der Waals surface area contributed by atoms with Gasteiger partial charge in [0.05, 0.1) is 23.2 Å². The molecule has 6 heteroatoms. The first-order chi connectivity index (χ1) is 9.47. The molecule has 0 aliphatic rings. The lowest BCUT2D eigenvalue weighted by Gasteiger charge is -2.06. The Balaban J connectivity index is 2.77. The van der Waals surface area contributed by atoms with Crippen molar-refractivity contribution in [3.63, 3.8) is 0 Å². The van der Waals surface area contributed by atoms with Crippen molar-refractivity contribution in [3.8, 4) is 11.1 Å². The summed E-state index contributed by atoms with van der Waals surface area (Å²) in [6, 6.07) is 6.33. The third-order valence-corrected chi connectivity index (χ3v) is 3.13. The first-order valence-electron chi connectivity index (χ1n) is 5.98. The molecule has 0 saturated carbocycles. The Kier molecular flexibility index (Phi) is 3.56. The Hall–Kier alpha value is -2.63. The number of carbonyl (C=O) groups is 1. The van der Waals surface area contributed by atoms with Crippen LogP contribution in [-0.4, -0.2) is 23.0 Å². The zero-order valence-electron chi connectivity index (χ0n) is 11.4. The number of nitro groups is 1. The lowest BCUT2D eigenvalue weighted by molar-refractivity contribution is -0.384. The Morgan fingerprint density at radius 1 is 1.25 bits per heavy atom. The van der Waals surface area contributed by atoms with Gasteiger partial charge in [-0.1, -0.05) is 12.1 Å². The minimum absolute atomic E-state index is 0.0419. The lowest BCUT2D eigenvalue weighted by atomic mass is 9.99. The summed E-state index contributed by atoms with van der Waals surface area (Å²) in [6.07, 6.45) is 0. The number of benzene rings is 1. The van der Waals surface area contributed by atoms with E-state index in [0.717, 1.165) is 0 Å². The van der Waals surface area contributed by atoms with Crippen molar-refractivity contribution in [3.05, 3.63) is 51.3 Å². The summed E-state index contributed by atoms with van der Waals surface area (Å²) in [5, 5.41) is 11.1. The van der Waals surface area contributed by atoms with Gasteiger partial charge in [0, 0.05) is 23.0 Å². The molecule has 6 nitrogen and oxygen atoms in total. The van der Waals surface area contributed by atoms with Gasteiger partial charge >= 0.3 is 5.97 Å². The minimum Gasteiger partial charge on any atom is -0.465 e. The summed E-state index contributed by atoms with van der Waals surface area (Å²) in [6.45, 7) is 3.50. The van der Waals surface area contributed by atoms with Gasteiger partial charge < -0.3 is 9.72 Å². The number of H-pyrrole nitrogens is 1. The molecule has 2 rings (SSSR count). The number of hydrogen-bond acceptors (Lipinski definition) is 4. The van der Waals surface area contributed by atoms with E-state index in [1.165, 1.54) is 13.2 Å². The van der Waals surface area contributed by atoms with Crippen molar-refractivity contribution in [2.24, 2.45) is 0 Å². The third-order valence-electron chi connectivity index (χ3n) is 3.13. The Bertz CT molecular complexity index is 688. The highest BCUT2D eigenvalue weighted by Crippen LogP contribution is 2.36. The van der Waals surface area contributed by atoms with Gasteiger partial charge in [-0.25, -0.2) is 4.79 Å². The second kappa shape index (κ2) is 5.16. The van der Waals surface area contributed by atoms with Crippen LogP contribution >= 0.6 is 0 Å². The predicted octanol–water partition coefficient (Wildman–Crippen LogP) is 2.99. The molecule has 1 aromatic heterocycles. The molecule has 104 valence electrons. The van der Waals surface area contributed by atoms with Crippen LogP contribution in [0.3, 0.4) is 0 Å². The molecule has 0 atom stereocenters. The lowest BCUT2D eigenvalue weighted by Crippen LogP contribution is -2.04. The molecule has 0 bridgehead atoms. The summed E-state index contributed by atoms with van der Waals surface area (Å²) >= 11 is 0. The van der Waals surface area contributed by atoms with E-state index >= 15 is 0 Å². The number of rotatable bonds is 3. The van der Waals surface area contributed by atoms with Gasteiger partial charge in [0.15, 0.2) is 0 Å². The number of aryl methyl sites for hydroxylation is 2. The highest BCUT2D eigenvalue weighted by atomic mass is 16.6. The summed E-state index contributed by atoms with van der Waals surface area (Å²) in [5.41, 5.74) is 2.53. The third kappa shape index (κ3) is 2.16. The van der Waals surface area contributed by atoms with E-state index in [9.17, 15) is 14.9 Å². The Labute approximate surface area is 115 Å². The van der Waals surface area contributed by atoms with Crippen molar-refractivity contribution in [1.29, 1.82) is 0 Å². The second-order valence-corrected chi connectivity index (χ2v) is 4.39. The number of hydrogen-bond donors (Lipinski definition) is 1. The largest absolute Gasteiger partial charge is 0.465 e. The van der Waals surface area contributed by atoms with Gasteiger partial charge in [0.25, 0.3) is 5.69 Å². The number of nitro benzene ring substituents is 1. The fourth-order valence-corrected chi connectivity index (χ4v) is 2.32. The van der Waals surface area contributed by atoms with Crippen LogP contribution in [0.25, 0.3) is 11.1 Å². The summed E-state index contributed by atoms with van der Waals surface area (Å²) in [5.74, 6) is -0.514. The van der Waals surface area contributed by atoms with Crippen LogP contribution in [-0.2, 0) is 4.74 Å². The maximum absolute atomic E-state index is 11.9. The van der Waals surface area contributed by atoms with Crippen molar-refractivity contribution < 1.29 is 14.5 Å². The first-order valence-corrected chi connectivity index (χ1v) is 5.98. The van der Waals surface area contributed by atoms with Crippen LogP contribution in [0.5, 0.6) is 0 Å². The average molecular weight is 274 g/mol. The average Bonchev–Trinajstić information content (AvgIpc) is 2.72. The molecule has 0 aliphatic carbocycles. The molecule has 0 saturated heterocycles. The normalized spacial score (nSPS) is 10.3. The fraction of sp³-hybridized carbons (Fsp3) is 0.214. The van der Waals surface area contributed by atoms with Crippen LogP contribution in [0.15, 0.2) is 24.3 Å². The van der Waals surface area contributed by atoms with Crippen LogP contribution in [0.4, 0.5) is 5.69 Å². The molecular formula is C14H14N2O4. The van der Waals surface area contributed by atoms with Crippen molar-refractivity contribution in [1.82, 2.24) is 4.98 Å². The highest BCUT2D eigenvalue weighted by Gasteiger charge is 2.25. The quantitative estimate of drug-likeness (QED) is 0.529. The van der Waals surface area contributed by atoms with Gasteiger partial charge in [-0.3, -0.25) is 10.1 Å². The molecule has 0 fully saturated rings. The zero-order valence-corrected chi connectivity index (χ0v) is 11.4. The molecule has 0 unspecified atom stereocenters. The van der Waals surface area contributed by atoms with E-state index < -0.39 is 10.9 Å². The van der Waals surface area contributed by atoms with E-state index in [4.69, 9.17) is 4.74 Å². The monoisotopic (exact) mass is 274 g/mol. The molecule has 0 radical (unpaired) electrons. The molecule has 0 amide bonds. The fourth-order valence-electron chi connectivity index (χ4n) is 2.32. The van der Waals surface area contributed by atoms with Gasteiger partial charge in [-0.05, 0) is 19.9 Å². The Morgan fingerprint density at radius 3 is 2.50 bits per heavy atom. The van der Waals surface area contributed by atoms with Crippen molar-refractivity contribution in [2.45, 2.75) is 13.8 Å². The number of esters is 1. The summed E-state index contributed by atoms with van der Waals surface area (Å²) in [7, 11) is 1.29. The highest BCUT2D eigenvalue weighted by molar-refractivity contribution is 6.00. The molecule has 0 aliphatic heterocycles. The van der Waals surface area contributed by atoms with Crippen molar-refractivity contribution in [2.75, 3.05) is 7.11 Å². The van der Waals surface area contributed by atoms with Crippen molar-refractivity contribution >= 4 is 11.7 Å². The van der Waals surface area contributed by atoms with Gasteiger partial charge in [-0.15, -0.1) is 0 Å². The summed E-state index contributed by atoms with van der Waals surface area (Å²) < 4.78 is 4.76. The van der Waals surface area contributed by atoms with Crippen LogP contribution in [0, 0.1) is 24.0 Å². The number of ether oxygens (including phenoxy) is 1. The topological polar surface area (TPSA) is 85.2 Å². The van der Waals surface area contributed by atoms with E-state index in [-0.39, 0.29) is 5.69 Å². The standard InChI is InChI=1S/C14H14N2O4/c1-8-12(13(9(2)15-8)14(17)20-3)10-6-4-5-7-11(10)16(18)19/h4-7,15H,1-3H3. The van der Waals surface area contributed by atoms with Gasteiger partial charge in [-0.2, -0.15) is 0 Å². The second-order valence-electron chi connectivity index (χ2n) is 4.39. The zero-order chi connectivity index (χ0) is 14.9. The van der Waals surface area contributed by atoms with Crippen LogP contribution in [0.2, 0.25) is 0 Å². The van der Waals surface area contributed by atoms with Gasteiger partial charge in [0.2, 0.25) is 0 Å². The smallest absolute Gasteiger partial charge is 0.340 e. The molecule has 1 N–H and O–H groups in total. The molecular weight excluding hydrogens is 260 g/mol. The van der Waals surface area contributed by atoms with E-state index in [0.29, 0.717) is 28.1 Å². The number of aromatic nitrogens is 1. The van der Waals surface area contributed by atoms with E-state index in [2.05, 4.69) is 4.98 Å². The maximum atomic E-state index is 11.9. The van der Waals surface area contributed by atoms with Crippen LogP contribution in [0.1, 0.15) is 21.7 Å².